The van der Waals surface area contributed by atoms with Gasteiger partial charge in [-0.15, -0.1) is 0 Å². The van der Waals surface area contributed by atoms with E-state index >= 15 is 0 Å². The minimum Gasteiger partial charge on any atom is -0.397 e. The molecule has 0 aromatic rings. The normalized spacial score (nSPS) is 20.8. The number of hydrogen-bond donors (Lipinski definition) is 0. The first-order valence-electron chi connectivity index (χ1n) is 13.6. The first-order valence-corrected chi connectivity index (χ1v) is 15.3. The van der Waals surface area contributed by atoms with E-state index in [1.54, 1.807) is 0 Å². The van der Waals surface area contributed by atoms with Crippen LogP contribution in [0.25, 0.3) is 0 Å². The molecule has 1 unspecified atom stereocenters. The molecule has 0 N–H and O–H groups in total. The Morgan fingerprint density at radius 2 is 1.24 bits per heavy atom. The molecule has 2 nitrogen and oxygen atoms in total. The van der Waals surface area contributed by atoms with Gasteiger partial charge in [-0.1, -0.05) is 97.8 Å². The fourth-order valence-electron chi connectivity index (χ4n) is 6.13. The van der Waals surface area contributed by atoms with Gasteiger partial charge in [-0.05, 0) is 56.4 Å². The van der Waals surface area contributed by atoms with Gasteiger partial charge in [-0.3, -0.25) is 0 Å². The van der Waals surface area contributed by atoms with Crippen molar-refractivity contribution in [1.29, 1.82) is 0 Å². The summed E-state index contributed by atoms with van der Waals surface area (Å²) in [6.07, 6.45) is 24.7. The second-order valence-electron chi connectivity index (χ2n) is 9.95. The largest absolute Gasteiger partial charge is 0.397 e. The average Bonchev–Trinajstić information content (AvgIpc) is 2.79. The van der Waals surface area contributed by atoms with Crippen LogP contribution < -0.4 is 0 Å². The summed E-state index contributed by atoms with van der Waals surface area (Å²) >= 11 is 0. The third-order valence-electron chi connectivity index (χ3n) is 7.80. The molecule has 0 aliphatic heterocycles. The van der Waals surface area contributed by atoms with Crippen molar-refractivity contribution in [1.82, 2.24) is 0 Å². The summed E-state index contributed by atoms with van der Waals surface area (Å²) in [5.41, 5.74) is 0.133. The molecule has 2 fully saturated rings. The maximum atomic E-state index is 7.31. The molecule has 2 saturated carbocycles. The molecule has 0 radical (unpaired) electrons. The van der Waals surface area contributed by atoms with Crippen LogP contribution in [0.15, 0.2) is 0 Å². The van der Waals surface area contributed by atoms with E-state index in [2.05, 4.69) is 20.8 Å². The Balaban J connectivity index is 2.03. The lowest BCUT2D eigenvalue weighted by Crippen LogP contribution is -2.52. The highest BCUT2D eigenvalue weighted by Crippen LogP contribution is 2.47. The van der Waals surface area contributed by atoms with Gasteiger partial charge in [0, 0.05) is 6.61 Å². The zero-order chi connectivity index (χ0) is 20.8. The molecular formula is C26H52O2Si. The molecule has 0 spiro atoms. The molecular weight excluding hydrogens is 372 g/mol. The Labute approximate surface area is 184 Å². The Hall–Kier alpha value is 0.137. The highest BCUT2D eigenvalue weighted by molar-refractivity contribution is 6.44. The first-order chi connectivity index (χ1) is 14.3. The second-order valence-corrected chi connectivity index (χ2v) is 12.0. The van der Waals surface area contributed by atoms with Crippen LogP contribution in [0.4, 0.5) is 0 Å². The van der Waals surface area contributed by atoms with E-state index in [1.165, 1.54) is 115 Å². The SMILES string of the molecule is CCCCCCCC[SiH](OCCC)OC(CC)(C1CCCCC1)C1CCCCC1. The van der Waals surface area contributed by atoms with Crippen molar-refractivity contribution in [3.63, 3.8) is 0 Å². The molecule has 29 heavy (non-hydrogen) atoms. The number of unbranched alkanes of at least 4 members (excludes halogenated alkanes) is 5. The van der Waals surface area contributed by atoms with E-state index in [4.69, 9.17) is 8.85 Å². The standard InChI is InChI=1S/C26H52O2Si/c1-4-7-8-9-10-17-23-29(27-22-5-2)28-26(6-3,24-18-13-11-14-19-24)25-20-15-12-16-21-25/h24-25,29H,4-23H2,1-3H3. The monoisotopic (exact) mass is 424 g/mol. The van der Waals surface area contributed by atoms with E-state index < -0.39 is 9.28 Å². The number of hydrogen-bond acceptors (Lipinski definition) is 2. The Morgan fingerprint density at radius 3 is 1.76 bits per heavy atom. The zero-order valence-corrected chi connectivity index (χ0v) is 21.3. The van der Waals surface area contributed by atoms with Crippen molar-refractivity contribution in [2.45, 2.75) is 148 Å². The maximum Gasteiger partial charge on any atom is 0.321 e. The smallest absolute Gasteiger partial charge is 0.321 e. The Kier molecular flexibility index (Phi) is 13.2. The van der Waals surface area contributed by atoms with E-state index in [1.807, 2.05) is 0 Å². The number of rotatable bonds is 15. The van der Waals surface area contributed by atoms with E-state index in [9.17, 15) is 0 Å². The molecule has 2 aliphatic carbocycles. The highest BCUT2D eigenvalue weighted by atomic mass is 28.3. The molecule has 0 amide bonds. The van der Waals surface area contributed by atoms with Crippen LogP contribution in [0.5, 0.6) is 0 Å². The quantitative estimate of drug-likeness (QED) is 0.194. The summed E-state index contributed by atoms with van der Waals surface area (Å²) in [5, 5.41) is 0. The van der Waals surface area contributed by atoms with Gasteiger partial charge in [0.25, 0.3) is 0 Å². The van der Waals surface area contributed by atoms with Gasteiger partial charge in [-0.2, -0.15) is 0 Å². The Morgan fingerprint density at radius 1 is 0.690 bits per heavy atom. The minimum absolute atomic E-state index is 0.133. The fourth-order valence-corrected chi connectivity index (χ4v) is 8.64. The molecule has 2 rings (SSSR count). The maximum absolute atomic E-state index is 7.31. The van der Waals surface area contributed by atoms with Crippen LogP contribution in [0.3, 0.4) is 0 Å². The van der Waals surface area contributed by atoms with Crippen molar-refractivity contribution in [3.05, 3.63) is 0 Å². The van der Waals surface area contributed by atoms with E-state index in [-0.39, 0.29) is 5.60 Å². The van der Waals surface area contributed by atoms with Crippen LogP contribution >= 0.6 is 0 Å². The summed E-state index contributed by atoms with van der Waals surface area (Å²) in [5.74, 6) is 1.57. The average molecular weight is 425 g/mol. The van der Waals surface area contributed by atoms with Crippen LogP contribution in [-0.4, -0.2) is 21.5 Å². The molecule has 1 atom stereocenters. The lowest BCUT2D eigenvalue weighted by Gasteiger charge is -2.50. The van der Waals surface area contributed by atoms with Crippen molar-refractivity contribution in [2.75, 3.05) is 6.61 Å². The Bertz CT molecular complexity index is 370. The molecule has 0 bridgehead atoms. The molecule has 0 aromatic heterocycles. The summed E-state index contributed by atoms with van der Waals surface area (Å²) in [6, 6.07) is 1.23. The van der Waals surface area contributed by atoms with Gasteiger partial charge in [0.2, 0.25) is 0 Å². The van der Waals surface area contributed by atoms with E-state index in [0.717, 1.165) is 24.9 Å². The van der Waals surface area contributed by atoms with Gasteiger partial charge in [0.1, 0.15) is 0 Å². The lowest BCUT2D eigenvalue weighted by molar-refractivity contribution is -0.0890. The first kappa shape index (κ1) is 25.4. The molecule has 172 valence electrons. The van der Waals surface area contributed by atoms with Crippen molar-refractivity contribution < 1.29 is 8.85 Å². The van der Waals surface area contributed by atoms with Gasteiger partial charge in [0.05, 0.1) is 5.60 Å². The van der Waals surface area contributed by atoms with Crippen LogP contribution in [-0.2, 0) is 8.85 Å². The topological polar surface area (TPSA) is 18.5 Å². The summed E-state index contributed by atoms with van der Waals surface area (Å²) in [6.45, 7) is 7.88. The van der Waals surface area contributed by atoms with E-state index in [0.29, 0.717) is 0 Å². The predicted molar refractivity (Wildman–Crippen MR) is 129 cm³/mol. The third kappa shape index (κ3) is 8.30. The molecule has 3 heteroatoms. The summed E-state index contributed by atoms with van der Waals surface area (Å²) < 4.78 is 13.8. The van der Waals surface area contributed by atoms with Gasteiger partial charge < -0.3 is 8.85 Å². The summed E-state index contributed by atoms with van der Waals surface area (Å²) in [4.78, 5) is 0. The lowest BCUT2D eigenvalue weighted by atomic mass is 9.65. The van der Waals surface area contributed by atoms with Crippen LogP contribution in [0.1, 0.15) is 136 Å². The molecule has 0 heterocycles. The minimum atomic E-state index is -1.59. The van der Waals surface area contributed by atoms with Crippen molar-refractivity contribution in [2.24, 2.45) is 11.8 Å². The highest BCUT2D eigenvalue weighted by Gasteiger charge is 2.46. The van der Waals surface area contributed by atoms with Gasteiger partial charge in [-0.25, -0.2) is 0 Å². The van der Waals surface area contributed by atoms with Crippen LogP contribution in [0.2, 0.25) is 6.04 Å². The summed E-state index contributed by atoms with van der Waals surface area (Å²) in [7, 11) is -1.59. The van der Waals surface area contributed by atoms with Crippen molar-refractivity contribution >= 4 is 9.28 Å². The molecule has 0 aromatic carbocycles. The molecule has 0 saturated heterocycles. The fraction of sp³-hybridized carbons (Fsp3) is 1.00. The predicted octanol–water partition coefficient (Wildman–Crippen LogP) is 8.32. The van der Waals surface area contributed by atoms with Gasteiger partial charge in [0.15, 0.2) is 0 Å². The van der Waals surface area contributed by atoms with Crippen LogP contribution in [0, 0.1) is 11.8 Å². The third-order valence-corrected chi connectivity index (χ3v) is 9.99. The van der Waals surface area contributed by atoms with Crippen molar-refractivity contribution in [3.8, 4) is 0 Å². The zero-order valence-electron chi connectivity index (χ0n) is 20.2. The van der Waals surface area contributed by atoms with Gasteiger partial charge >= 0.3 is 9.28 Å². The second kappa shape index (κ2) is 15.0. The molecule has 2 aliphatic rings.